The summed E-state index contributed by atoms with van der Waals surface area (Å²) in [5.74, 6) is -0.972. The van der Waals surface area contributed by atoms with Gasteiger partial charge in [-0.05, 0) is 6.92 Å². The Balaban J connectivity index is 4.44. The topological polar surface area (TPSA) is 52.9 Å². The Hall–Kier alpha value is -1.32. The first kappa shape index (κ1) is 12.7. The summed E-state index contributed by atoms with van der Waals surface area (Å²) < 4.78 is 0. The Morgan fingerprint density at radius 1 is 1.43 bits per heavy atom. The molecule has 0 aliphatic heterocycles. The number of carbonyl (C=O) groups is 1. The van der Waals surface area contributed by atoms with Crippen LogP contribution in [0.3, 0.4) is 0 Å². The summed E-state index contributed by atoms with van der Waals surface area (Å²) in [6.07, 6.45) is 2.47. The second kappa shape index (κ2) is 4.79. The number of nitrogens with zero attached hydrogens (tertiary/aromatic N) is 2. The van der Waals surface area contributed by atoms with Crippen molar-refractivity contribution in [3.05, 3.63) is 12.3 Å². The highest BCUT2D eigenvalue weighted by molar-refractivity contribution is 5.86. The number of aliphatic carboxylic acids is 1. The van der Waals surface area contributed by atoms with Gasteiger partial charge in [0, 0.05) is 30.5 Å². The maximum Gasteiger partial charge on any atom is 0.329 e. The SMILES string of the molecule is CC(=NN(C)C=CC(=O)O)C(C)(C)C. The molecule has 0 aliphatic rings. The molecule has 1 N–H and O–H groups in total. The van der Waals surface area contributed by atoms with Crippen LogP contribution >= 0.6 is 0 Å². The summed E-state index contributed by atoms with van der Waals surface area (Å²) in [6, 6.07) is 0. The Morgan fingerprint density at radius 3 is 2.29 bits per heavy atom. The van der Waals surface area contributed by atoms with Gasteiger partial charge < -0.3 is 5.11 Å². The molecule has 80 valence electrons. The molecule has 0 unspecified atom stereocenters. The highest BCUT2D eigenvalue weighted by atomic mass is 16.4. The summed E-state index contributed by atoms with van der Waals surface area (Å²) >= 11 is 0. The molecule has 0 rings (SSSR count). The van der Waals surface area contributed by atoms with E-state index in [1.807, 2.05) is 6.92 Å². The van der Waals surface area contributed by atoms with Crippen molar-refractivity contribution in [3.63, 3.8) is 0 Å². The predicted molar refractivity (Wildman–Crippen MR) is 57.1 cm³/mol. The van der Waals surface area contributed by atoms with Crippen LogP contribution in [0.4, 0.5) is 0 Å². The lowest BCUT2D eigenvalue weighted by Crippen LogP contribution is -2.20. The fourth-order valence-electron chi connectivity index (χ4n) is 0.592. The predicted octanol–water partition coefficient (Wildman–Crippen LogP) is 1.94. The van der Waals surface area contributed by atoms with Gasteiger partial charge in [0.1, 0.15) is 0 Å². The van der Waals surface area contributed by atoms with Crippen LogP contribution in [0.25, 0.3) is 0 Å². The molecule has 0 fully saturated rings. The van der Waals surface area contributed by atoms with E-state index in [9.17, 15) is 4.79 Å². The largest absolute Gasteiger partial charge is 0.478 e. The summed E-state index contributed by atoms with van der Waals surface area (Å²) in [5, 5.41) is 14.1. The van der Waals surface area contributed by atoms with Crippen molar-refractivity contribution in [1.82, 2.24) is 5.01 Å². The third-order valence-electron chi connectivity index (χ3n) is 1.83. The van der Waals surface area contributed by atoms with Crippen molar-refractivity contribution in [3.8, 4) is 0 Å². The molecule has 0 aromatic rings. The molecule has 0 spiro atoms. The van der Waals surface area contributed by atoms with Crippen molar-refractivity contribution in [2.24, 2.45) is 10.5 Å². The number of carboxylic acids is 1. The van der Waals surface area contributed by atoms with Crippen LogP contribution in [0.5, 0.6) is 0 Å². The van der Waals surface area contributed by atoms with Gasteiger partial charge in [0.2, 0.25) is 0 Å². The molecule has 0 saturated carbocycles. The van der Waals surface area contributed by atoms with E-state index >= 15 is 0 Å². The van der Waals surface area contributed by atoms with Crippen LogP contribution < -0.4 is 0 Å². The second-order valence-corrected chi connectivity index (χ2v) is 4.16. The lowest BCUT2D eigenvalue weighted by atomic mass is 9.91. The first-order chi connectivity index (χ1) is 6.23. The molecular formula is C10H18N2O2. The molecule has 0 aromatic heterocycles. The molecule has 0 bridgehead atoms. The van der Waals surface area contributed by atoms with E-state index in [0.29, 0.717) is 0 Å². The molecule has 4 nitrogen and oxygen atoms in total. The zero-order valence-corrected chi connectivity index (χ0v) is 9.40. The minimum absolute atomic E-state index is 0.00528. The number of hydrazone groups is 1. The number of rotatable bonds is 3. The summed E-state index contributed by atoms with van der Waals surface area (Å²) in [5.41, 5.74) is 0.959. The smallest absolute Gasteiger partial charge is 0.329 e. The molecular weight excluding hydrogens is 180 g/mol. The van der Waals surface area contributed by atoms with Crippen molar-refractivity contribution in [2.75, 3.05) is 7.05 Å². The third-order valence-corrected chi connectivity index (χ3v) is 1.83. The molecule has 0 amide bonds. The summed E-state index contributed by atoms with van der Waals surface area (Å²) in [4.78, 5) is 10.2. The molecule has 4 heteroatoms. The van der Waals surface area contributed by atoms with E-state index in [4.69, 9.17) is 5.11 Å². The minimum Gasteiger partial charge on any atom is -0.478 e. The van der Waals surface area contributed by atoms with Gasteiger partial charge in [0.05, 0.1) is 0 Å². The van der Waals surface area contributed by atoms with Gasteiger partial charge >= 0.3 is 5.97 Å². The maximum absolute atomic E-state index is 10.2. The van der Waals surface area contributed by atoms with E-state index in [1.165, 1.54) is 11.2 Å². The van der Waals surface area contributed by atoms with Gasteiger partial charge in [-0.1, -0.05) is 20.8 Å². The van der Waals surface area contributed by atoms with Crippen molar-refractivity contribution in [2.45, 2.75) is 27.7 Å². The molecule has 0 aromatic carbocycles. The van der Waals surface area contributed by atoms with Crippen LogP contribution in [-0.4, -0.2) is 28.8 Å². The Labute approximate surface area is 84.9 Å². The molecule has 14 heavy (non-hydrogen) atoms. The van der Waals surface area contributed by atoms with Gasteiger partial charge in [0.15, 0.2) is 0 Å². The highest BCUT2D eigenvalue weighted by Gasteiger charge is 2.14. The zero-order valence-electron chi connectivity index (χ0n) is 9.40. The van der Waals surface area contributed by atoms with Crippen molar-refractivity contribution < 1.29 is 9.90 Å². The average molecular weight is 198 g/mol. The summed E-state index contributed by atoms with van der Waals surface area (Å²) in [6.45, 7) is 8.09. The van der Waals surface area contributed by atoms with E-state index in [2.05, 4.69) is 25.9 Å². The lowest BCUT2D eigenvalue weighted by molar-refractivity contribution is -0.131. The van der Waals surface area contributed by atoms with Gasteiger partial charge in [-0.15, -0.1) is 0 Å². The Morgan fingerprint density at radius 2 is 1.93 bits per heavy atom. The lowest BCUT2D eigenvalue weighted by Gasteiger charge is -2.19. The number of hydrogen-bond donors (Lipinski definition) is 1. The fraction of sp³-hybridized carbons (Fsp3) is 0.600. The first-order valence-electron chi connectivity index (χ1n) is 4.43. The first-order valence-corrected chi connectivity index (χ1v) is 4.43. The minimum atomic E-state index is -0.972. The van der Waals surface area contributed by atoms with Crippen LogP contribution in [-0.2, 0) is 4.79 Å². The normalized spacial score (nSPS) is 13.4. The molecule has 0 aliphatic carbocycles. The van der Waals surface area contributed by atoms with Gasteiger partial charge in [-0.25, -0.2) is 4.79 Å². The third kappa shape index (κ3) is 5.35. The fourth-order valence-corrected chi connectivity index (χ4v) is 0.592. The zero-order chi connectivity index (χ0) is 11.4. The summed E-state index contributed by atoms with van der Waals surface area (Å²) in [7, 11) is 1.70. The van der Waals surface area contributed by atoms with Crippen LogP contribution in [0.1, 0.15) is 27.7 Å². The van der Waals surface area contributed by atoms with Crippen molar-refractivity contribution in [1.29, 1.82) is 0 Å². The standard InChI is InChI=1S/C10H18N2O2/c1-8(10(2,3)4)11-12(5)7-6-9(13)14/h6-7H,1-5H3,(H,13,14). The maximum atomic E-state index is 10.2. The van der Waals surface area contributed by atoms with Crippen LogP contribution in [0, 0.1) is 5.41 Å². The van der Waals surface area contributed by atoms with Crippen LogP contribution in [0.2, 0.25) is 0 Å². The number of hydrogen-bond acceptors (Lipinski definition) is 3. The average Bonchev–Trinajstić information content (AvgIpc) is 1.99. The quantitative estimate of drug-likeness (QED) is 0.428. The molecule has 0 radical (unpaired) electrons. The number of carboxylic acid groups (broad SMARTS) is 1. The van der Waals surface area contributed by atoms with Gasteiger partial charge in [0.25, 0.3) is 0 Å². The highest BCUT2D eigenvalue weighted by Crippen LogP contribution is 2.15. The van der Waals surface area contributed by atoms with E-state index in [0.717, 1.165) is 11.8 Å². The van der Waals surface area contributed by atoms with Gasteiger partial charge in [-0.3, -0.25) is 5.01 Å². The molecule has 0 saturated heterocycles. The van der Waals surface area contributed by atoms with E-state index in [-0.39, 0.29) is 5.41 Å². The second-order valence-electron chi connectivity index (χ2n) is 4.16. The van der Waals surface area contributed by atoms with E-state index < -0.39 is 5.97 Å². The Kier molecular flexibility index (Phi) is 4.34. The van der Waals surface area contributed by atoms with E-state index in [1.54, 1.807) is 7.05 Å². The van der Waals surface area contributed by atoms with Crippen LogP contribution in [0.15, 0.2) is 17.4 Å². The molecule has 0 atom stereocenters. The molecule has 0 heterocycles. The monoisotopic (exact) mass is 198 g/mol. The van der Waals surface area contributed by atoms with Crippen molar-refractivity contribution >= 4 is 11.7 Å². The van der Waals surface area contributed by atoms with Gasteiger partial charge in [-0.2, -0.15) is 5.10 Å². The Bertz CT molecular complexity index is 262.